The molecule has 0 fully saturated rings. The number of hydrogen-bond acceptors (Lipinski definition) is 6. The van der Waals surface area contributed by atoms with Crippen LogP contribution in [0.25, 0.3) is 5.69 Å². The van der Waals surface area contributed by atoms with Gasteiger partial charge >= 0.3 is 5.97 Å². The molecule has 1 aromatic heterocycles. The molecule has 0 atom stereocenters. The summed E-state index contributed by atoms with van der Waals surface area (Å²) in [4.78, 5) is 37.6. The summed E-state index contributed by atoms with van der Waals surface area (Å²) < 4.78 is 13.2. The predicted molar refractivity (Wildman–Crippen MR) is 117 cm³/mol. The second kappa shape index (κ2) is 8.97. The Labute approximate surface area is 182 Å². The van der Waals surface area contributed by atoms with Crippen LogP contribution < -0.4 is 21.3 Å². The van der Waals surface area contributed by atoms with E-state index in [4.69, 9.17) is 26.8 Å². The lowest BCUT2D eigenvalue weighted by atomic mass is 10.2. The number of rotatable bonds is 6. The summed E-state index contributed by atoms with van der Waals surface area (Å²) in [6, 6.07) is 11.7. The SMILES string of the molecule is COc1cc(N)c(Cl)cc1C(=O)OCC(=O)Nc1c(C)n(C)n(-c2ccccc2)c1=O. The first kappa shape index (κ1) is 22.0. The molecule has 2 aromatic carbocycles. The van der Waals surface area contributed by atoms with Crippen LogP contribution in [0.2, 0.25) is 5.02 Å². The summed E-state index contributed by atoms with van der Waals surface area (Å²) in [5.74, 6) is -1.32. The maximum Gasteiger partial charge on any atom is 0.342 e. The molecule has 3 aromatic rings. The summed E-state index contributed by atoms with van der Waals surface area (Å²) in [5, 5.41) is 2.67. The van der Waals surface area contributed by atoms with Gasteiger partial charge in [0.05, 0.1) is 29.2 Å². The zero-order valence-corrected chi connectivity index (χ0v) is 17.9. The van der Waals surface area contributed by atoms with Gasteiger partial charge in [-0.15, -0.1) is 0 Å². The number of methoxy groups -OCH3 is 1. The Morgan fingerprint density at radius 2 is 1.87 bits per heavy atom. The average Bonchev–Trinajstić information content (AvgIpc) is 2.97. The van der Waals surface area contributed by atoms with Crippen LogP contribution in [-0.2, 0) is 16.6 Å². The molecule has 1 heterocycles. The fourth-order valence-corrected chi connectivity index (χ4v) is 3.16. The van der Waals surface area contributed by atoms with Crippen molar-refractivity contribution in [3.8, 4) is 11.4 Å². The molecule has 162 valence electrons. The smallest absolute Gasteiger partial charge is 0.342 e. The number of carbonyl (C=O) groups excluding carboxylic acids is 2. The quantitative estimate of drug-likeness (QED) is 0.445. The number of amides is 1. The molecule has 10 heteroatoms. The summed E-state index contributed by atoms with van der Waals surface area (Å²) >= 11 is 5.95. The van der Waals surface area contributed by atoms with E-state index < -0.39 is 24.0 Å². The fraction of sp³-hybridized carbons (Fsp3) is 0.190. The third-order valence-electron chi connectivity index (χ3n) is 4.69. The van der Waals surface area contributed by atoms with Gasteiger partial charge in [0.2, 0.25) is 0 Å². The maximum absolute atomic E-state index is 12.8. The number of carbonyl (C=O) groups is 2. The Morgan fingerprint density at radius 1 is 1.19 bits per heavy atom. The zero-order valence-electron chi connectivity index (χ0n) is 17.1. The molecule has 3 rings (SSSR count). The molecule has 0 spiro atoms. The van der Waals surface area contributed by atoms with Crippen molar-refractivity contribution in [3.63, 3.8) is 0 Å². The molecule has 1 amide bonds. The third-order valence-corrected chi connectivity index (χ3v) is 5.02. The number of nitrogens with two attached hydrogens (primary N) is 1. The fourth-order valence-electron chi connectivity index (χ4n) is 2.99. The Bertz CT molecular complexity index is 1200. The van der Waals surface area contributed by atoms with Crippen molar-refractivity contribution < 1.29 is 19.1 Å². The summed E-state index contributed by atoms with van der Waals surface area (Å²) in [7, 11) is 3.07. The molecule has 3 N–H and O–H groups in total. The van der Waals surface area contributed by atoms with Gasteiger partial charge in [0, 0.05) is 13.1 Å². The Hall–Kier alpha value is -3.72. The molecule has 0 saturated heterocycles. The molecule has 0 bridgehead atoms. The Balaban J connectivity index is 1.75. The number of nitrogens with zero attached hydrogens (tertiary/aromatic N) is 2. The molecule has 0 aliphatic carbocycles. The molecule has 0 unspecified atom stereocenters. The maximum atomic E-state index is 12.8. The number of benzene rings is 2. The number of halogens is 1. The van der Waals surface area contributed by atoms with Crippen molar-refractivity contribution >= 4 is 34.9 Å². The van der Waals surface area contributed by atoms with E-state index in [-0.39, 0.29) is 27.7 Å². The van der Waals surface area contributed by atoms with Gasteiger partial charge in [0.15, 0.2) is 6.61 Å². The van der Waals surface area contributed by atoms with Crippen LogP contribution in [0.1, 0.15) is 16.1 Å². The number of esters is 1. The molecule has 9 nitrogen and oxygen atoms in total. The number of hydrogen-bond donors (Lipinski definition) is 2. The van der Waals surface area contributed by atoms with E-state index in [0.29, 0.717) is 11.4 Å². The van der Waals surface area contributed by atoms with Gasteiger partial charge in [-0.3, -0.25) is 14.3 Å². The van der Waals surface area contributed by atoms with Gasteiger partial charge in [-0.1, -0.05) is 29.8 Å². The first-order valence-electron chi connectivity index (χ1n) is 9.18. The van der Waals surface area contributed by atoms with E-state index in [1.54, 1.807) is 42.9 Å². The van der Waals surface area contributed by atoms with E-state index in [1.807, 2.05) is 6.07 Å². The highest BCUT2D eigenvalue weighted by Gasteiger charge is 2.21. The van der Waals surface area contributed by atoms with Gasteiger partial charge in [-0.05, 0) is 25.1 Å². The van der Waals surface area contributed by atoms with Crippen molar-refractivity contribution in [2.24, 2.45) is 7.05 Å². The minimum atomic E-state index is -0.819. The van der Waals surface area contributed by atoms with E-state index in [2.05, 4.69) is 5.32 Å². The number of aromatic nitrogens is 2. The van der Waals surface area contributed by atoms with Gasteiger partial charge < -0.3 is 20.5 Å². The number of anilines is 2. The van der Waals surface area contributed by atoms with Gasteiger partial charge in [-0.25, -0.2) is 9.48 Å². The Morgan fingerprint density at radius 3 is 2.52 bits per heavy atom. The molecule has 31 heavy (non-hydrogen) atoms. The summed E-state index contributed by atoms with van der Waals surface area (Å²) in [5.41, 5.74) is 6.84. The lowest BCUT2D eigenvalue weighted by Crippen LogP contribution is -2.26. The van der Waals surface area contributed by atoms with Crippen molar-refractivity contribution in [1.29, 1.82) is 0 Å². The second-order valence-corrected chi connectivity index (χ2v) is 7.04. The minimum Gasteiger partial charge on any atom is -0.496 e. The van der Waals surface area contributed by atoms with Gasteiger partial charge in [-0.2, -0.15) is 0 Å². The van der Waals surface area contributed by atoms with Crippen LogP contribution in [0.5, 0.6) is 5.75 Å². The van der Waals surface area contributed by atoms with E-state index in [1.165, 1.54) is 23.9 Å². The van der Waals surface area contributed by atoms with E-state index >= 15 is 0 Å². The van der Waals surface area contributed by atoms with Crippen LogP contribution in [0, 0.1) is 6.92 Å². The van der Waals surface area contributed by atoms with Crippen LogP contribution in [0.4, 0.5) is 11.4 Å². The minimum absolute atomic E-state index is 0.0248. The van der Waals surface area contributed by atoms with Crippen LogP contribution >= 0.6 is 11.6 Å². The molecular formula is C21H21ClN4O5. The lowest BCUT2D eigenvalue weighted by molar-refractivity contribution is -0.119. The highest BCUT2D eigenvalue weighted by Crippen LogP contribution is 2.29. The first-order chi connectivity index (χ1) is 14.7. The average molecular weight is 445 g/mol. The lowest BCUT2D eigenvalue weighted by Gasteiger charge is -2.10. The second-order valence-electron chi connectivity index (χ2n) is 6.63. The standard InChI is InChI=1S/C21H21ClN4O5/c1-12-19(20(28)26(25(12)2)13-7-5-4-6-8-13)24-18(27)11-31-21(29)14-9-15(22)16(23)10-17(14)30-3/h4-10H,11,23H2,1-3H3,(H,24,27). The van der Waals surface area contributed by atoms with Crippen molar-refractivity contribution in [1.82, 2.24) is 9.36 Å². The zero-order chi connectivity index (χ0) is 22.7. The number of nitrogen functional groups attached to an aromatic ring is 1. The monoisotopic (exact) mass is 444 g/mol. The van der Waals surface area contributed by atoms with Gasteiger partial charge in [0.25, 0.3) is 11.5 Å². The summed E-state index contributed by atoms with van der Waals surface area (Å²) in [6.07, 6.45) is 0. The third kappa shape index (κ3) is 4.41. The molecule has 0 radical (unpaired) electrons. The van der Waals surface area contributed by atoms with E-state index in [9.17, 15) is 14.4 Å². The van der Waals surface area contributed by atoms with Crippen LogP contribution in [0.15, 0.2) is 47.3 Å². The Kier molecular flexibility index (Phi) is 6.36. The normalized spacial score (nSPS) is 10.6. The van der Waals surface area contributed by atoms with Crippen LogP contribution in [0.3, 0.4) is 0 Å². The highest BCUT2D eigenvalue weighted by atomic mass is 35.5. The largest absolute Gasteiger partial charge is 0.496 e. The van der Waals surface area contributed by atoms with Crippen molar-refractivity contribution in [2.45, 2.75) is 6.92 Å². The highest BCUT2D eigenvalue weighted by molar-refractivity contribution is 6.33. The number of nitrogens with one attached hydrogen (secondary N) is 1. The molecular weight excluding hydrogens is 424 g/mol. The molecule has 0 aliphatic rings. The van der Waals surface area contributed by atoms with Crippen molar-refractivity contribution in [3.05, 3.63) is 69.1 Å². The predicted octanol–water partition coefficient (Wildman–Crippen LogP) is 2.52. The van der Waals surface area contributed by atoms with Crippen molar-refractivity contribution in [2.75, 3.05) is 24.8 Å². The number of ether oxygens (including phenoxy) is 2. The molecule has 0 aliphatic heterocycles. The number of para-hydroxylation sites is 1. The molecule has 0 saturated carbocycles. The van der Waals surface area contributed by atoms with Crippen LogP contribution in [-0.4, -0.2) is 35.0 Å². The van der Waals surface area contributed by atoms with Gasteiger partial charge in [0.1, 0.15) is 17.0 Å². The van der Waals surface area contributed by atoms with E-state index in [0.717, 1.165) is 0 Å². The first-order valence-corrected chi connectivity index (χ1v) is 9.56. The summed E-state index contributed by atoms with van der Waals surface area (Å²) in [6.45, 7) is 1.09. The topological polar surface area (TPSA) is 118 Å².